The Bertz CT molecular complexity index is 1480. The maximum Gasteiger partial charge on any atom is 0.340 e. The van der Waals surface area contributed by atoms with Gasteiger partial charge in [-0.15, -0.1) is 0 Å². The second kappa shape index (κ2) is 17.8. The van der Waals surface area contributed by atoms with Gasteiger partial charge in [0.1, 0.15) is 13.2 Å². The van der Waals surface area contributed by atoms with Gasteiger partial charge in [-0.1, -0.05) is 0 Å². The van der Waals surface area contributed by atoms with E-state index in [1.165, 1.54) is 0 Å². The van der Waals surface area contributed by atoms with Crippen LogP contribution in [0.4, 0.5) is 0 Å². The molecule has 0 atom stereocenters. The molecule has 0 fully saturated rings. The zero-order valence-corrected chi connectivity index (χ0v) is 40.4. The van der Waals surface area contributed by atoms with E-state index in [0.717, 1.165) is 32.1 Å². The lowest BCUT2D eigenvalue weighted by atomic mass is 10.1. The molecule has 3 aromatic rings. The average Bonchev–Trinajstić information content (AvgIpc) is 2.92. The van der Waals surface area contributed by atoms with Crippen molar-refractivity contribution in [3.63, 3.8) is 0 Å². The van der Waals surface area contributed by atoms with Crippen LogP contribution < -0.4 is 5.32 Å². The molecule has 7 nitrogen and oxygen atoms in total. The molecule has 0 saturated heterocycles. The summed E-state index contributed by atoms with van der Waals surface area (Å²) in [5, 5.41) is 3.02. The number of benzene rings is 3. The first-order valence-electron chi connectivity index (χ1n) is 11.3. The quantitative estimate of drug-likeness (QED) is 0.0939. The van der Waals surface area contributed by atoms with Gasteiger partial charge in [-0.05, 0) is 247 Å². The van der Waals surface area contributed by atoms with Gasteiger partial charge in [0.05, 0.1) is 16.7 Å². The van der Waals surface area contributed by atoms with Crippen molar-refractivity contribution in [2.45, 2.75) is 5.60 Å². The lowest BCUT2D eigenvalue weighted by Crippen LogP contribution is -2.52. The summed E-state index contributed by atoms with van der Waals surface area (Å²) < 4.78 is 25.3. The first kappa shape index (κ1) is 39.0. The minimum absolute atomic E-state index is 0.0544. The Morgan fingerprint density at radius 2 is 0.929 bits per heavy atom. The van der Waals surface area contributed by atoms with E-state index in [9.17, 15) is 14.4 Å². The molecule has 0 radical (unpaired) electrons. The Hall–Kier alpha value is 2.60. The maximum absolute atomic E-state index is 13.6. The van der Waals surface area contributed by atoms with E-state index in [0.29, 0.717) is 16.7 Å². The molecular formula is C26H16I9NO6. The van der Waals surface area contributed by atoms with Gasteiger partial charge in [0.25, 0.3) is 0 Å². The van der Waals surface area contributed by atoms with Crippen molar-refractivity contribution in [2.24, 2.45) is 0 Å². The number of carbonyl (C=O) groups excluding carboxylic acids is 3. The summed E-state index contributed by atoms with van der Waals surface area (Å²) in [6.07, 6.45) is 0. The van der Waals surface area contributed by atoms with Crippen LogP contribution in [0.3, 0.4) is 0 Å². The molecule has 3 rings (SSSR count). The minimum Gasteiger partial charge on any atom is -0.458 e. The number of esters is 3. The molecule has 0 bridgehead atoms. The Labute approximate surface area is 365 Å². The van der Waals surface area contributed by atoms with Gasteiger partial charge in [-0.2, -0.15) is 0 Å². The Morgan fingerprint density at radius 1 is 0.595 bits per heavy atom. The zero-order valence-electron chi connectivity index (χ0n) is 20.9. The molecule has 3 aromatic carbocycles. The second-order valence-electron chi connectivity index (χ2n) is 8.50. The van der Waals surface area contributed by atoms with Gasteiger partial charge in [-0.3, -0.25) is 0 Å². The largest absolute Gasteiger partial charge is 0.458 e. The van der Waals surface area contributed by atoms with Crippen molar-refractivity contribution in [1.29, 1.82) is 0 Å². The van der Waals surface area contributed by atoms with Gasteiger partial charge in [0, 0.05) is 38.7 Å². The summed E-state index contributed by atoms with van der Waals surface area (Å²) in [6.45, 7) is -0.635. The van der Waals surface area contributed by atoms with Crippen molar-refractivity contribution in [3.8, 4) is 0 Å². The van der Waals surface area contributed by atoms with Crippen molar-refractivity contribution >= 4 is 221 Å². The third kappa shape index (κ3) is 10.5. The molecule has 0 aliphatic carbocycles. The van der Waals surface area contributed by atoms with E-state index in [2.05, 4.69) is 209 Å². The summed E-state index contributed by atoms with van der Waals surface area (Å²) >= 11 is 19.3. The van der Waals surface area contributed by atoms with Gasteiger partial charge >= 0.3 is 17.9 Å². The molecule has 1 N–H and O–H groups in total. The molecule has 16 heteroatoms. The summed E-state index contributed by atoms with van der Waals surface area (Å²) in [6, 6.07) is 11.1. The number of likely N-dealkylation sites (N-methyl/N-ethyl adjacent to an activating group) is 1. The van der Waals surface area contributed by atoms with Gasteiger partial charge in [0.15, 0.2) is 5.60 Å². The lowest BCUT2D eigenvalue weighted by Gasteiger charge is -2.32. The molecule has 0 spiro atoms. The summed E-state index contributed by atoms with van der Waals surface area (Å²) in [5.74, 6) is -1.76. The highest BCUT2D eigenvalue weighted by Crippen LogP contribution is 2.28. The maximum atomic E-state index is 13.6. The molecule has 224 valence electrons. The molecule has 0 amide bonds. The highest BCUT2D eigenvalue weighted by molar-refractivity contribution is 14.1. The topological polar surface area (TPSA) is 90.9 Å². The molecule has 42 heavy (non-hydrogen) atoms. The van der Waals surface area contributed by atoms with Crippen LogP contribution in [0, 0.1) is 32.1 Å². The predicted octanol–water partition coefficient (Wildman–Crippen LogP) is 8.96. The van der Waals surface area contributed by atoms with E-state index >= 15 is 0 Å². The lowest BCUT2D eigenvalue weighted by molar-refractivity contribution is -0.0829. The normalized spacial score (nSPS) is 11.3. The fraction of sp³-hybridized carbons (Fsp3) is 0.192. The van der Waals surface area contributed by atoms with Crippen LogP contribution in [0.25, 0.3) is 0 Å². The van der Waals surface area contributed by atoms with Gasteiger partial charge in [-0.25, -0.2) is 14.4 Å². The van der Waals surface area contributed by atoms with Crippen LogP contribution in [-0.4, -0.2) is 50.3 Å². The smallest absolute Gasteiger partial charge is 0.340 e. The molecule has 0 saturated carbocycles. The van der Waals surface area contributed by atoms with Crippen LogP contribution in [0.1, 0.15) is 31.1 Å². The van der Waals surface area contributed by atoms with Crippen LogP contribution in [0.5, 0.6) is 0 Å². The summed E-state index contributed by atoms with van der Waals surface area (Å²) in [4.78, 5) is 40.2. The van der Waals surface area contributed by atoms with E-state index in [1.54, 1.807) is 25.2 Å². The number of carbonyl (C=O) groups is 3. The standard InChI is InChI=1S/C26H16I9NO6/c1-36-8-26(42-25(39)16-4-13(29)7-19(32)22(16)35,9-40-23(37)14-2-11(27)5-17(30)20(14)33)10-41-24(38)15-3-12(28)6-18(31)21(15)34/h2-7,36H,8-10H2,1H3. The van der Waals surface area contributed by atoms with E-state index in [-0.39, 0.29) is 19.8 Å². The van der Waals surface area contributed by atoms with E-state index in [4.69, 9.17) is 14.2 Å². The number of rotatable bonds is 10. The Balaban J connectivity index is 1.98. The van der Waals surface area contributed by atoms with Gasteiger partial charge < -0.3 is 19.5 Å². The van der Waals surface area contributed by atoms with E-state index in [1.807, 2.05) is 18.2 Å². The monoisotopic (exact) mass is 1580 g/mol. The Morgan fingerprint density at radius 3 is 1.26 bits per heavy atom. The summed E-state index contributed by atoms with van der Waals surface area (Å²) in [7, 11) is 1.68. The third-order valence-corrected chi connectivity index (χ3v) is 16.4. The minimum atomic E-state index is -1.52. The highest BCUT2D eigenvalue weighted by atomic mass is 127. The fourth-order valence-corrected chi connectivity index (χ4v) is 10.6. The van der Waals surface area contributed by atoms with Crippen molar-refractivity contribution < 1.29 is 28.6 Å². The zero-order chi connectivity index (χ0) is 31.4. The number of hydrogen-bond donors (Lipinski definition) is 1. The fourth-order valence-electron chi connectivity index (χ4n) is 3.48. The Kier molecular flexibility index (Phi) is 16.6. The summed E-state index contributed by atoms with van der Waals surface area (Å²) in [5.41, 5.74) is -0.349. The van der Waals surface area contributed by atoms with Crippen LogP contribution in [0.15, 0.2) is 36.4 Å². The highest BCUT2D eigenvalue weighted by Gasteiger charge is 2.39. The molecule has 0 unspecified atom stereocenters. The second-order valence-corrected chi connectivity index (χ2v) is 19.0. The van der Waals surface area contributed by atoms with Crippen molar-refractivity contribution in [1.82, 2.24) is 5.32 Å². The van der Waals surface area contributed by atoms with Crippen LogP contribution in [0.2, 0.25) is 0 Å². The predicted molar refractivity (Wildman–Crippen MR) is 236 cm³/mol. The molecule has 0 aromatic heterocycles. The number of halogens is 9. The van der Waals surface area contributed by atoms with Crippen LogP contribution >= 0.6 is 203 Å². The first-order valence-corrected chi connectivity index (χ1v) is 21.0. The first-order chi connectivity index (χ1) is 19.7. The average molecular weight is 1580 g/mol. The molecule has 0 heterocycles. The van der Waals surface area contributed by atoms with Crippen LogP contribution in [-0.2, 0) is 14.2 Å². The molecular weight excluding hydrogens is 1560 g/mol. The third-order valence-electron chi connectivity index (χ3n) is 5.38. The van der Waals surface area contributed by atoms with Gasteiger partial charge in [0.2, 0.25) is 0 Å². The number of hydrogen-bond acceptors (Lipinski definition) is 7. The molecule has 0 aliphatic heterocycles. The van der Waals surface area contributed by atoms with Crippen molar-refractivity contribution in [2.75, 3.05) is 26.8 Å². The number of nitrogens with one attached hydrogen (secondary N) is 1. The molecule has 0 aliphatic rings. The SMILES string of the molecule is CNCC(COC(=O)c1cc(I)cc(I)c1I)(COC(=O)c1cc(I)cc(I)c1I)OC(=O)c1cc(I)cc(I)c1I. The number of ether oxygens (including phenoxy) is 3. The van der Waals surface area contributed by atoms with Crippen molar-refractivity contribution in [3.05, 3.63) is 85.2 Å². The van der Waals surface area contributed by atoms with E-state index < -0.39 is 23.5 Å².